The molecule has 2 atom stereocenters. The average molecular weight is 257 g/mol. The molecular formula is C14H27NO3. The maximum atomic E-state index is 9.69. The van der Waals surface area contributed by atoms with Crippen molar-refractivity contribution in [2.24, 2.45) is 0 Å². The van der Waals surface area contributed by atoms with Gasteiger partial charge in [-0.3, -0.25) is 0 Å². The van der Waals surface area contributed by atoms with E-state index in [9.17, 15) is 5.11 Å². The number of nitrogens with one attached hydrogen (secondary N) is 1. The predicted octanol–water partition coefficient (Wildman–Crippen LogP) is 1.18. The third kappa shape index (κ3) is 10.5. The summed E-state index contributed by atoms with van der Waals surface area (Å²) in [6.45, 7) is 7.93. The van der Waals surface area contributed by atoms with E-state index >= 15 is 0 Å². The van der Waals surface area contributed by atoms with Crippen LogP contribution in [-0.4, -0.2) is 49.7 Å². The molecule has 18 heavy (non-hydrogen) atoms. The van der Waals surface area contributed by atoms with Gasteiger partial charge >= 0.3 is 0 Å². The Morgan fingerprint density at radius 2 is 2.06 bits per heavy atom. The summed E-state index contributed by atoms with van der Waals surface area (Å²) in [5.41, 5.74) is 0. The number of aliphatic hydroxyl groups is 1. The highest BCUT2D eigenvalue weighted by molar-refractivity contribution is 4.89. The quantitative estimate of drug-likeness (QED) is 0.431. The lowest BCUT2D eigenvalue weighted by molar-refractivity contribution is -0.0105. The summed E-state index contributed by atoms with van der Waals surface area (Å²) in [6, 6.07) is 0.272. The van der Waals surface area contributed by atoms with Crippen LogP contribution in [0.4, 0.5) is 0 Å². The van der Waals surface area contributed by atoms with Gasteiger partial charge in [0.15, 0.2) is 0 Å². The van der Waals surface area contributed by atoms with Crippen LogP contribution in [0.5, 0.6) is 0 Å². The Hall–Kier alpha value is -0.600. The largest absolute Gasteiger partial charge is 0.389 e. The van der Waals surface area contributed by atoms with Crippen molar-refractivity contribution in [3.8, 4) is 12.3 Å². The second kappa shape index (κ2) is 11.5. The van der Waals surface area contributed by atoms with Gasteiger partial charge in [0.25, 0.3) is 0 Å². The Morgan fingerprint density at radius 3 is 2.61 bits per heavy atom. The minimum atomic E-state index is -0.504. The van der Waals surface area contributed by atoms with E-state index in [0.29, 0.717) is 32.8 Å². The Morgan fingerprint density at radius 1 is 1.33 bits per heavy atom. The number of hydrogen-bond donors (Lipinski definition) is 2. The summed E-state index contributed by atoms with van der Waals surface area (Å²) in [4.78, 5) is 0. The first-order chi connectivity index (χ1) is 8.60. The van der Waals surface area contributed by atoms with Crippen LogP contribution in [0.25, 0.3) is 0 Å². The molecular weight excluding hydrogens is 230 g/mol. The van der Waals surface area contributed by atoms with E-state index in [1.807, 2.05) is 13.8 Å². The Balaban J connectivity index is 3.47. The van der Waals surface area contributed by atoms with E-state index in [1.165, 1.54) is 0 Å². The maximum absolute atomic E-state index is 9.69. The van der Waals surface area contributed by atoms with Gasteiger partial charge in [0.05, 0.1) is 32.0 Å². The first-order valence-corrected chi connectivity index (χ1v) is 6.64. The van der Waals surface area contributed by atoms with Crippen molar-refractivity contribution in [2.45, 2.75) is 51.9 Å². The van der Waals surface area contributed by atoms with Gasteiger partial charge in [-0.2, -0.15) is 0 Å². The number of aliphatic hydroxyl groups excluding tert-OH is 1. The smallest absolute Gasteiger partial charge is 0.0897 e. The minimum absolute atomic E-state index is 0.217. The van der Waals surface area contributed by atoms with Crippen LogP contribution in [-0.2, 0) is 9.47 Å². The third-order valence-corrected chi connectivity index (χ3v) is 2.49. The van der Waals surface area contributed by atoms with Gasteiger partial charge in [0.1, 0.15) is 0 Å². The zero-order chi connectivity index (χ0) is 13.8. The molecule has 0 aliphatic carbocycles. The zero-order valence-corrected chi connectivity index (χ0v) is 11.8. The summed E-state index contributed by atoms with van der Waals surface area (Å²) in [5, 5.41) is 12.9. The SMILES string of the molecule is C#CCC(CC)NCC(O)COCCOC(C)C. The van der Waals surface area contributed by atoms with Crippen LogP contribution in [0.1, 0.15) is 33.6 Å². The molecule has 106 valence electrons. The van der Waals surface area contributed by atoms with E-state index in [-0.39, 0.29) is 12.1 Å². The van der Waals surface area contributed by atoms with Gasteiger partial charge in [0, 0.05) is 19.0 Å². The van der Waals surface area contributed by atoms with Crippen LogP contribution >= 0.6 is 0 Å². The van der Waals surface area contributed by atoms with Crippen molar-refractivity contribution in [3.05, 3.63) is 0 Å². The van der Waals surface area contributed by atoms with Crippen LogP contribution in [0, 0.1) is 12.3 Å². The van der Waals surface area contributed by atoms with Gasteiger partial charge in [-0.05, 0) is 20.3 Å². The van der Waals surface area contributed by atoms with Gasteiger partial charge in [-0.15, -0.1) is 12.3 Å². The Bertz CT molecular complexity index is 226. The molecule has 0 bridgehead atoms. The van der Waals surface area contributed by atoms with Gasteiger partial charge in [-0.1, -0.05) is 6.92 Å². The zero-order valence-electron chi connectivity index (χ0n) is 11.8. The summed E-state index contributed by atoms with van der Waals surface area (Å²) < 4.78 is 10.6. The van der Waals surface area contributed by atoms with Crippen molar-refractivity contribution in [2.75, 3.05) is 26.4 Å². The topological polar surface area (TPSA) is 50.7 Å². The van der Waals surface area contributed by atoms with Crippen molar-refractivity contribution in [1.29, 1.82) is 0 Å². The highest BCUT2D eigenvalue weighted by atomic mass is 16.5. The Labute approximate surface area is 111 Å². The molecule has 0 saturated carbocycles. The third-order valence-electron chi connectivity index (χ3n) is 2.49. The van der Waals surface area contributed by atoms with Gasteiger partial charge in [-0.25, -0.2) is 0 Å². The van der Waals surface area contributed by atoms with Crippen LogP contribution < -0.4 is 5.32 Å². The molecule has 0 aliphatic heterocycles. The molecule has 0 spiro atoms. The first-order valence-electron chi connectivity index (χ1n) is 6.64. The van der Waals surface area contributed by atoms with Gasteiger partial charge in [0.2, 0.25) is 0 Å². The summed E-state index contributed by atoms with van der Waals surface area (Å²) in [5.74, 6) is 2.62. The lowest BCUT2D eigenvalue weighted by atomic mass is 10.1. The standard InChI is InChI=1S/C14H27NO3/c1-5-7-13(6-2)15-10-14(16)11-17-8-9-18-12(3)4/h1,12-16H,6-11H2,2-4H3. The van der Waals surface area contributed by atoms with E-state index in [0.717, 1.165) is 6.42 Å². The second-order valence-corrected chi connectivity index (χ2v) is 4.57. The normalized spacial score (nSPS) is 14.4. The highest BCUT2D eigenvalue weighted by Crippen LogP contribution is 1.96. The number of rotatable bonds is 11. The number of ether oxygens (including phenoxy) is 2. The first kappa shape index (κ1) is 17.4. The molecule has 0 aromatic carbocycles. The molecule has 2 N–H and O–H groups in total. The molecule has 0 aromatic rings. The monoisotopic (exact) mass is 257 g/mol. The molecule has 0 amide bonds. The molecule has 0 aromatic heterocycles. The Kier molecular flexibility index (Phi) is 11.1. The van der Waals surface area contributed by atoms with Crippen molar-refractivity contribution < 1.29 is 14.6 Å². The molecule has 0 radical (unpaired) electrons. The summed E-state index contributed by atoms with van der Waals surface area (Å²) in [6.07, 6.45) is 6.62. The second-order valence-electron chi connectivity index (χ2n) is 4.57. The van der Waals surface area contributed by atoms with Crippen LogP contribution in [0.15, 0.2) is 0 Å². The van der Waals surface area contributed by atoms with Crippen molar-refractivity contribution >= 4 is 0 Å². The van der Waals surface area contributed by atoms with E-state index in [4.69, 9.17) is 15.9 Å². The van der Waals surface area contributed by atoms with E-state index < -0.39 is 6.10 Å². The lowest BCUT2D eigenvalue weighted by Gasteiger charge is -2.17. The molecule has 4 nitrogen and oxygen atoms in total. The molecule has 0 aliphatic rings. The fourth-order valence-electron chi connectivity index (χ4n) is 1.43. The lowest BCUT2D eigenvalue weighted by Crippen LogP contribution is -2.37. The average Bonchev–Trinajstić information content (AvgIpc) is 2.33. The van der Waals surface area contributed by atoms with Crippen molar-refractivity contribution in [1.82, 2.24) is 5.32 Å². The fraction of sp³-hybridized carbons (Fsp3) is 0.857. The number of hydrogen-bond acceptors (Lipinski definition) is 4. The summed E-state index contributed by atoms with van der Waals surface area (Å²) >= 11 is 0. The highest BCUT2D eigenvalue weighted by Gasteiger charge is 2.08. The minimum Gasteiger partial charge on any atom is -0.389 e. The molecule has 2 unspecified atom stereocenters. The molecule has 0 saturated heterocycles. The van der Waals surface area contributed by atoms with Crippen LogP contribution in [0.3, 0.4) is 0 Å². The van der Waals surface area contributed by atoms with Gasteiger partial charge < -0.3 is 19.9 Å². The maximum Gasteiger partial charge on any atom is 0.0897 e. The van der Waals surface area contributed by atoms with Crippen LogP contribution in [0.2, 0.25) is 0 Å². The molecule has 4 heteroatoms. The van der Waals surface area contributed by atoms with Crippen molar-refractivity contribution in [3.63, 3.8) is 0 Å². The summed E-state index contributed by atoms with van der Waals surface area (Å²) in [7, 11) is 0. The molecule has 0 fully saturated rings. The predicted molar refractivity (Wildman–Crippen MR) is 73.4 cm³/mol. The number of terminal acetylenes is 1. The molecule has 0 rings (SSSR count). The van der Waals surface area contributed by atoms with E-state index in [1.54, 1.807) is 0 Å². The molecule has 0 heterocycles. The fourth-order valence-corrected chi connectivity index (χ4v) is 1.43. The van der Waals surface area contributed by atoms with E-state index in [2.05, 4.69) is 18.2 Å².